The summed E-state index contributed by atoms with van der Waals surface area (Å²) in [5.74, 6) is -0.0750. The van der Waals surface area contributed by atoms with Crippen molar-refractivity contribution in [2.75, 3.05) is 6.54 Å². The zero-order valence-corrected chi connectivity index (χ0v) is 13.2. The maximum Gasteiger partial charge on any atom is 0.269 e. The molecule has 2 aromatic rings. The number of halogens is 1. The third-order valence-electron chi connectivity index (χ3n) is 3.81. The Morgan fingerprint density at radius 2 is 1.95 bits per heavy atom. The summed E-state index contributed by atoms with van der Waals surface area (Å²) in [5, 5.41) is 13.9. The molecule has 2 aromatic carbocycles. The molecule has 1 aliphatic rings. The number of hydrogen-bond acceptors (Lipinski definition) is 4. The van der Waals surface area contributed by atoms with Crippen LogP contribution in [0.15, 0.2) is 46.9 Å². The standard InChI is InChI=1S/C16H13BrN2O3/c17-14-3-1-2-13-12(14)8-9-18-15(13)16(20)10-4-6-11(7-5-10)19(21)22/h1-7,15,18H,8-9H2. The van der Waals surface area contributed by atoms with Crippen molar-refractivity contribution in [2.24, 2.45) is 0 Å². The van der Waals surface area contributed by atoms with Gasteiger partial charge >= 0.3 is 0 Å². The topological polar surface area (TPSA) is 72.2 Å². The van der Waals surface area contributed by atoms with Gasteiger partial charge in [0.05, 0.1) is 11.0 Å². The normalized spacial score (nSPS) is 16.9. The third kappa shape index (κ3) is 2.67. The van der Waals surface area contributed by atoms with E-state index in [-0.39, 0.29) is 11.5 Å². The first-order valence-electron chi connectivity index (χ1n) is 6.87. The molecule has 3 rings (SSSR count). The van der Waals surface area contributed by atoms with E-state index in [4.69, 9.17) is 0 Å². The first-order valence-corrected chi connectivity index (χ1v) is 7.66. The van der Waals surface area contributed by atoms with Crippen molar-refractivity contribution in [3.8, 4) is 0 Å². The summed E-state index contributed by atoms with van der Waals surface area (Å²) < 4.78 is 1.01. The second-order valence-corrected chi connectivity index (χ2v) is 5.97. The maximum atomic E-state index is 12.7. The molecule has 1 N–H and O–H groups in total. The Morgan fingerprint density at radius 1 is 1.23 bits per heavy atom. The molecule has 0 amide bonds. The van der Waals surface area contributed by atoms with Crippen molar-refractivity contribution in [3.05, 3.63) is 73.7 Å². The van der Waals surface area contributed by atoms with Gasteiger partial charge in [-0.15, -0.1) is 0 Å². The van der Waals surface area contributed by atoms with Crippen LogP contribution in [0, 0.1) is 10.1 Å². The average molecular weight is 361 g/mol. The van der Waals surface area contributed by atoms with E-state index >= 15 is 0 Å². The van der Waals surface area contributed by atoms with Gasteiger partial charge in [-0.3, -0.25) is 14.9 Å². The Balaban J connectivity index is 1.94. The van der Waals surface area contributed by atoms with Gasteiger partial charge in [0.25, 0.3) is 5.69 Å². The molecule has 0 aliphatic carbocycles. The van der Waals surface area contributed by atoms with Crippen molar-refractivity contribution >= 4 is 27.4 Å². The van der Waals surface area contributed by atoms with E-state index in [1.165, 1.54) is 24.3 Å². The number of nitro benzene ring substituents is 1. The quantitative estimate of drug-likeness (QED) is 0.517. The zero-order valence-electron chi connectivity index (χ0n) is 11.6. The highest BCUT2D eigenvalue weighted by molar-refractivity contribution is 9.10. The Labute approximate surface area is 135 Å². The Hall–Kier alpha value is -2.05. The first kappa shape index (κ1) is 14.9. The largest absolute Gasteiger partial charge is 0.303 e. The lowest BCUT2D eigenvalue weighted by atomic mass is 9.89. The van der Waals surface area contributed by atoms with Gasteiger partial charge in [-0.05, 0) is 35.7 Å². The number of hydrogen-bond donors (Lipinski definition) is 1. The Bertz CT molecular complexity index is 744. The van der Waals surface area contributed by atoms with E-state index in [1.807, 2.05) is 18.2 Å². The smallest absolute Gasteiger partial charge is 0.269 e. The molecule has 1 heterocycles. The van der Waals surface area contributed by atoms with Crippen molar-refractivity contribution in [3.63, 3.8) is 0 Å². The molecule has 22 heavy (non-hydrogen) atoms. The number of nitrogens with zero attached hydrogens (tertiary/aromatic N) is 1. The number of non-ortho nitro benzene ring substituents is 1. The summed E-state index contributed by atoms with van der Waals surface area (Å²) in [4.78, 5) is 22.9. The van der Waals surface area contributed by atoms with E-state index < -0.39 is 11.0 Å². The third-order valence-corrected chi connectivity index (χ3v) is 4.56. The van der Waals surface area contributed by atoms with E-state index in [0.717, 1.165) is 28.6 Å². The van der Waals surface area contributed by atoms with Crippen LogP contribution in [0.25, 0.3) is 0 Å². The van der Waals surface area contributed by atoms with Crippen LogP contribution in [0.3, 0.4) is 0 Å². The predicted molar refractivity (Wildman–Crippen MR) is 86.0 cm³/mol. The maximum absolute atomic E-state index is 12.7. The highest BCUT2D eigenvalue weighted by Gasteiger charge is 2.28. The lowest BCUT2D eigenvalue weighted by Crippen LogP contribution is -2.35. The lowest BCUT2D eigenvalue weighted by Gasteiger charge is -2.26. The van der Waals surface area contributed by atoms with Gasteiger partial charge < -0.3 is 5.32 Å². The lowest BCUT2D eigenvalue weighted by molar-refractivity contribution is -0.384. The second-order valence-electron chi connectivity index (χ2n) is 5.11. The SMILES string of the molecule is O=C(c1ccc([N+](=O)[O-])cc1)C1NCCc2c(Br)cccc21. The van der Waals surface area contributed by atoms with Crippen LogP contribution in [0.4, 0.5) is 5.69 Å². The molecule has 0 bridgehead atoms. The molecule has 0 saturated carbocycles. The predicted octanol–water partition coefficient (Wildman–Crippen LogP) is 3.43. The molecule has 112 valence electrons. The molecular formula is C16H13BrN2O3. The number of rotatable bonds is 3. The van der Waals surface area contributed by atoms with Crippen LogP contribution in [-0.4, -0.2) is 17.3 Å². The van der Waals surface area contributed by atoms with Crippen LogP contribution < -0.4 is 5.32 Å². The number of carbonyl (C=O) groups is 1. The van der Waals surface area contributed by atoms with Crippen molar-refractivity contribution in [1.29, 1.82) is 0 Å². The van der Waals surface area contributed by atoms with Crippen molar-refractivity contribution < 1.29 is 9.72 Å². The number of Topliss-reactive ketones (excluding diaryl/α,β-unsaturated/α-hetero) is 1. The minimum absolute atomic E-state index is 0.0173. The van der Waals surface area contributed by atoms with Gasteiger partial charge in [0.15, 0.2) is 5.78 Å². The summed E-state index contributed by atoms with van der Waals surface area (Å²) in [7, 11) is 0. The minimum atomic E-state index is -0.473. The molecule has 0 spiro atoms. The summed E-state index contributed by atoms with van der Waals surface area (Å²) in [6.07, 6.45) is 0.862. The monoisotopic (exact) mass is 360 g/mol. The van der Waals surface area contributed by atoms with Crippen LogP contribution in [0.5, 0.6) is 0 Å². The first-order chi connectivity index (χ1) is 10.6. The molecule has 0 radical (unpaired) electrons. The summed E-state index contributed by atoms with van der Waals surface area (Å²) in [6.45, 7) is 0.721. The number of carbonyl (C=O) groups excluding carboxylic acids is 1. The van der Waals surface area contributed by atoms with Crippen LogP contribution in [0.1, 0.15) is 27.5 Å². The molecule has 0 fully saturated rings. The Morgan fingerprint density at radius 3 is 2.64 bits per heavy atom. The van der Waals surface area contributed by atoms with Gasteiger partial charge in [-0.2, -0.15) is 0 Å². The molecular weight excluding hydrogens is 348 g/mol. The minimum Gasteiger partial charge on any atom is -0.303 e. The molecule has 1 unspecified atom stereocenters. The van der Waals surface area contributed by atoms with E-state index in [9.17, 15) is 14.9 Å². The van der Waals surface area contributed by atoms with Gasteiger partial charge in [0.2, 0.25) is 0 Å². The highest BCUT2D eigenvalue weighted by Crippen LogP contribution is 2.31. The fourth-order valence-electron chi connectivity index (χ4n) is 2.71. The van der Waals surface area contributed by atoms with Crippen LogP contribution in [-0.2, 0) is 6.42 Å². The van der Waals surface area contributed by atoms with E-state index in [0.29, 0.717) is 5.56 Å². The fraction of sp³-hybridized carbons (Fsp3) is 0.188. The van der Waals surface area contributed by atoms with Gasteiger partial charge in [-0.1, -0.05) is 28.1 Å². The van der Waals surface area contributed by atoms with Gasteiger partial charge in [-0.25, -0.2) is 0 Å². The molecule has 1 aliphatic heterocycles. The number of ketones is 1. The van der Waals surface area contributed by atoms with Crippen molar-refractivity contribution in [2.45, 2.75) is 12.5 Å². The summed E-state index contributed by atoms with van der Waals surface area (Å²) in [5.41, 5.74) is 2.55. The zero-order chi connectivity index (χ0) is 15.7. The van der Waals surface area contributed by atoms with Gasteiger partial charge in [0, 0.05) is 28.7 Å². The van der Waals surface area contributed by atoms with Gasteiger partial charge in [0.1, 0.15) is 0 Å². The number of benzene rings is 2. The number of fused-ring (bicyclic) bond motifs is 1. The summed E-state index contributed by atoms with van der Waals surface area (Å²) in [6, 6.07) is 11.1. The molecule has 0 saturated heterocycles. The molecule has 6 heteroatoms. The van der Waals surface area contributed by atoms with Crippen molar-refractivity contribution in [1.82, 2.24) is 5.32 Å². The average Bonchev–Trinajstić information content (AvgIpc) is 2.54. The number of nitrogens with one attached hydrogen (secondary N) is 1. The molecule has 5 nitrogen and oxygen atoms in total. The fourth-order valence-corrected chi connectivity index (χ4v) is 3.29. The summed E-state index contributed by atoms with van der Waals surface area (Å²) >= 11 is 3.53. The van der Waals surface area contributed by atoms with Crippen LogP contribution in [0.2, 0.25) is 0 Å². The Kier molecular flexibility index (Phi) is 4.04. The highest BCUT2D eigenvalue weighted by atomic mass is 79.9. The molecule has 0 aromatic heterocycles. The molecule has 1 atom stereocenters. The number of nitro groups is 1. The van der Waals surface area contributed by atoms with E-state index in [1.54, 1.807) is 0 Å². The second kappa shape index (κ2) is 5.98. The van der Waals surface area contributed by atoms with E-state index in [2.05, 4.69) is 21.2 Å². The van der Waals surface area contributed by atoms with Crippen LogP contribution >= 0.6 is 15.9 Å².